The van der Waals surface area contributed by atoms with Crippen LogP contribution in [0, 0.1) is 17.2 Å². The minimum atomic E-state index is -0.561. The number of nitrogens with zero attached hydrogens (tertiary/aromatic N) is 2. The molecule has 0 aromatic heterocycles. The van der Waals surface area contributed by atoms with Gasteiger partial charge in [0, 0.05) is 19.3 Å². The molecule has 0 heterocycles. The molecule has 0 aliphatic rings. The number of esters is 1. The van der Waals surface area contributed by atoms with Crippen LogP contribution < -0.4 is 0 Å². The third-order valence-electron chi connectivity index (χ3n) is 4.48. The number of nitriles is 1. The van der Waals surface area contributed by atoms with Crippen molar-refractivity contribution in [2.45, 2.75) is 60.6 Å². The molecule has 0 radical (unpaired) electrons. The second-order valence-electron chi connectivity index (χ2n) is 7.92. The molecular formula is C27H38N2O2. The van der Waals surface area contributed by atoms with Gasteiger partial charge in [-0.3, -0.25) is 4.79 Å². The molecule has 1 unspecified atom stereocenters. The molecule has 1 rings (SSSR count). The summed E-state index contributed by atoms with van der Waals surface area (Å²) in [5.74, 6) is -0.805. The van der Waals surface area contributed by atoms with Crippen molar-refractivity contribution in [2.24, 2.45) is 5.92 Å². The SMILES string of the molecule is C=Cc1ccccc1CN(C)C(=C)/C(C#N)=C\C(=C/C)C(C)C(=O)OC(C)(C)C.CC. The smallest absolute Gasteiger partial charge is 0.313 e. The second-order valence-corrected chi connectivity index (χ2v) is 7.92. The Morgan fingerprint density at radius 1 is 1.29 bits per heavy atom. The molecule has 4 nitrogen and oxygen atoms in total. The highest BCUT2D eigenvalue weighted by atomic mass is 16.6. The van der Waals surface area contributed by atoms with Crippen molar-refractivity contribution in [1.29, 1.82) is 5.26 Å². The van der Waals surface area contributed by atoms with Crippen LogP contribution in [0.4, 0.5) is 0 Å². The summed E-state index contributed by atoms with van der Waals surface area (Å²) in [5, 5.41) is 9.70. The summed E-state index contributed by atoms with van der Waals surface area (Å²) >= 11 is 0. The van der Waals surface area contributed by atoms with Crippen molar-refractivity contribution in [2.75, 3.05) is 7.05 Å². The number of carbonyl (C=O) groups excluding carboxylic acids is 1. The van der Waals surface area contributed by atoms with Crippen LogP contribution in [0.5, 0.6) is 0 Å². The van der Waals surface area contributed by atoms with Gasteiger partial charge in [-0.1, -0.05) is 63.4 Å². The predicted molar refractivity (Wildman–Crippen MR) is 131 cm³/mol. The zero-order valence-corrected chi connectivity index (χ0v) is 20.5. The van der Waals surface area contributed by atoms with Gasteiger partial charge in [0.25, 0.3) is 0 Å². The third kappa shape index (κ3) is 9.09. The van der Waals surface area contributed by atoms with Gasteiger partial charge in [0.05, 0.1) is 11.5 Å². The lowest BCUT2D eigenvalue weighted by molar-refractivity contribution is -0.157. The number of benzene rings is 1. The van der Waals surface area contributed by atoms with E-state index in [9.17, 15) is 10.1 Å². The highest BCUT2D eigenvalue weighted by Crippen LogP contribution is 2.23. The standard InChI is InChI=1S/C25H32N2O2.C2H6/c1-9-20-13-11-12-14-22(20)17-27(8)19(4)23(16-26)15-21(10-2)18(3)24(28)29-25(5,6)7;1-2/h9-15,18H,1,4,17H2,2-3,5-8H3;1-2H3/b21-10+,23-15-;. The number of carbonyl (C=O) groups is 1. The fourth-order valence-electron chi connectivity index (χ4n) is 2.77. The van der Waals surface area contributed by atoms with Crippen LogP contribution in [0.25, 0.3) is 6.08 Å². The van der Waals surface area contributed by atoms with Crippen LogP contribution in [0.3, 0.4) is 0 Å². The van der Waals surface area contributed by atoms with Gasteiger partial charge in [0.1, 0.15) is 11.7 Å². The second kappa shape index (κ2) is 13.3. The van der Waals surface area contributed by atoms with E-state index in [0.717, 1.165) is 16.7 Å². The first-order valence-electron chi connectivity index (χ1n) is 10.7. The summed E-state index contributed by atoms with van der Waals surface area (Å²) in [5.41, 5.74) is 3.29. The highest BCUT2D eigenvalue weighted by Gasteiger charge is 2.24. The average molecular weight is 423 g/mol. The Hall–Kier alpha value is -3.06. The Bertz CT molecular complexity index is 864. The Morgan fingerprint density at radius 2 is 1.87 bits per heavy atom. The first kappa shape index (κ1) is 27.9. The Labute approximate surface area is 189 Å². The van der Waals surface area contributed by atoms with E-state index in [1.54, 1.807) is 13.0 Å². The molecular weight excluding hydrogens is 384 g/mol. The molecule has 31 heavy (non-hydrogen) atoms. The van der Waals surface area contributed by atoms with Crippen LogP contribution in [-0.2, 0) is 16.1 Å². The van der Waals surface area contributed by atoms with Gasteiger partial charge < -0.3 is 9.64 Å². The number of allylic oxidation sites excluding steroid dienone is 3. The van der Waals surface area contributed by atoms with Crippen molar-refractivity contribution >= 4 is 12.0 Å². The van der Waals surface area contributed by atoms with Gasteiger partial charge in [-0.25, -0.2) is 0 Å². The molecule has 1 aromatic carbocycles. The lowest BCUT2D eigenvalue weighted by Gasteiger charge is -2.24. The van der Waals surface area contributed by atoms with E-state index >= 15 is 0 Å². The van der Waals surface area contributed by atoms with Crippen LogP contribution in [-0.4, -0.2) is 23.5 Å². The monoisotopic (exact) mass is 422 g/mol. The molecule has 0 amide bonds. The molecule has 0 aliphatic carbocycles. The summed E-state index contributed by atoms with van der Waals surface area (Å²) in [6.45, 7) is 21.7. The van der Waals surface area contributed by atoms with E-state index in [1.807, 2.05) is 89.9 Å². The van der Waals surface area contributed by atoms with E-state index in [0.29, 0.717) is 17.8 Å². The van der Waals surface area contributed by atoms with E-state index in [1.165, 1.54) is 0 Å². The Morgan fingerprint density at radius 3 is 2.35 bits per heavy atom. The molecule has 1 aromatic rings. The van der Waals surface area contributed by atoms with Crippen LogP contribution in [0.1, 0.15) is 59.6 Å². The fraction of sp³-hybridized carbons (Fsp3) is 0.407. The fourth-order valence-corrected chi connectivity index (χ4v) is 2.77. The summed E-state index contributed by atoms with van der Waals surface area (Å²) in [4.78, 5) is 14.3. The van der Waals surface area contributed by atoms with Crippen molar-refractivity contribution in [3.8, 4) is 6.07 Å². The number of rotatable bonds is 8. The van der Waals surface area contributed by atoms with Crippen LogP contribution in [0.15, 0.2) is 66.4 Å². The van der Waals surface area contributed by atoms with E-state index in [2.05, 4.69) is 19.2 Å². The van der Waals surface area contributed by atoms with Crippen LogP contribution >= 0.6 is 0 Å². The van der Waals surface area contributed by atoms with Crippen LogP contribution in [0.2, 0.25) is 0 Å². The van der Waals surface area contributed by atoms with Gasteiger partial charge in [-0.2, -0.15) is 5.26 Å². The average Bonchev–Trinajstić information content (AvgIpc) is 2.74. The van der Waals surface area contributed by atoms with Gasteiger partial charge in [0.15, 0.2) is 0 Å². The molecule has 0 bridgehead atoms. The summed E-state index contributed by atoms with van der Waals surface area (Å²) in [6, 6.07) is 10.2. The minimum Gasteiger partial charge on any atom is -0.460 e. The first-order valence-corrected chi connectivity index (χ1v) is 10.7. The van der Waals surface area contributed by atoms with Gasteiger partial charge in [-0.15, -0.1) is 0 Å². The molecule has 0 fully saturated rings. The maximum atomic E-state index is 12.4. The van der Waals surface area contributed by atoms with Crippen molar-refractivity contribution in [1.82, 2.24) is 4.90 Å². The molecule has 0 aliphatic heterocycles. The topological polar surface area (TPSA) is 53.3 Å². The molecule has 4 heteroatoms. The lowest BCUT2D eigenvalue weighted by atomic mass is 9.97. The number of ether oxygens (including phenoxy) is 1. The van der Waals surface area contributed by atoms with E-state index in [4.69, 9.17) is 4.74 Å². The van der Waals surface area contributed by atoms with E-state index < -0.39 is 11.5 Å². The zero-order valence-electron chi connectivity index (χ0n) is 20.5. The lowest BCUT2D eigenvalue weighted by Crippen LogP contribution is -2.28. The quantitative estimate of drug-likeness (QED) is 0.266. The van der Waals surface area contributed by atoms with Crippen molar-refractivity contribution < 1.29 is 9.53 Å². The van der Waals surface area contributed by atoms with Gasteiger partial charge in [0.2, 0.25) is 0 Å². The molecule has 0 spiro atoms. The molecule has 0 N–H and O–H groups in total. The maximum Gasteiger partial charge on any atom is 0.313 e. The Kier molecular flexibility index (Phi) is 12.0. The Balaban J connectivity index is 0.00000436. The first-order chi connectivity index (χ1) is 14.5. The molecule has 168 valence electrons. The van der Waals surface area contributed by atoms with Crippen molar-refractivity contribution in [3.63, 3.8) is 0 Å². The van der Waals surface area contributed by atoms with Gasteiger partial charge in [-0.05, 0) is 57.4 Å². The zero-order chi connectivity index (χ0) is 24.2. The molecule has 1 atom stereocenters. The number of hydrogen-bond acceptors (Lipinski definition) is 4. The maximum absolute atomic E-state index is 12.4. The predicted octanol–water partition coefficient (Wildman–Crippen LogP) is 6.68. The molecule has 0 saturated heterocycles. The summed E-state index contributed by atoms with van der Waals surface area (Å²) < 4.78 is 5.48. The number of likely N-dealkylation sites (N-methyl/N-ethyl adjacent to an activating group) is 1. The molecule has 0 saturated carbocycles. The van der Waals surface area contributed by atoms with E-state index in [-0.39, 0.29) is 5.97 Å². The third-order valence-corrected chi connectivity index (χ3v) is 4.48. The summed E-state index contributed by atoms with van der Waals surface area (Å²) in [6.07, 6.45) is 5.35. The van der Waals surface area contributed by atoms with Crippen molar-refractivity contribution in [3.05, 3.63) is 77.5 Å². The largest absolute Gasteiger partial charge is 0.460 e. The summed E-state index contributed by atoms with van der Waals surface area (Å²) in [7, 11) is 1.89. The minimum absolute atomic E-state index is 0.321. The number of hydrogen-bond donors (Lipinski definition) is 0. The highest BCUT2D eigenvalue weighted by molar-refractivity contribution is 5.77. The van der Waals surface area contributed by atoms with Gasteiger partial charge >= 0.3 is 5.97 Å². The normalized spacial score (nSPS) is 12.6.